The number of anilines is 2. The summed E-state index contributed by atoms with van der Waals surface area (Å²) in [4.78, 5) is 25.5. The quantitative estimate of drug-likeness (QED) is 0.856. The Labute approximate surface area is 152 Å². The molecule has 1 saturated heterocycles. The van der Waals surface area contributed by atoms with Crippen molar-refractivity contribution in [3.63, 3.8) is 0 Å². The van der Waals surface area contributed by atoms with Crippen LogP contribution in [-0.4, -0.2) is 37.9 Å². The molecule has 1 heterocycles. The number of carbonyl (C=O) groups is 2. The second-order valence-corrected chi connectivity index (χ2v) is 5.67. The number of halogens is 3. The van der Waals surface area contributed by atoms with Crippen LogP contribution in [0.25, 0.3) is 0 Å². The Balaban J connectivity index is 1.75. The zero-order valence-corrected chi connectivity index (χ0v) is 14.0. The first-order valence-corrected chi connectivity index (χ1v) is 7.98. The van der Waals surface area contributed by atoms with E-state index in [-0.39, 0.29) is 23.6 Å². The van der Waals surface area contributed by atoms with Crippen molar-refractivity contribution >= 4 is 23.4 Å². The van der Waals surface area contributed by atoms with E-state index in [9.17, 15) is 22.8 Å². The van der Waals surface area contributed by atoms with E-state index in [4.69, 9.17) is 9.47 Å². The predicted molar refractivity (Wildman–Crippen MR) is 91.1 cm³/mol. The molecule has 0 unspecified atom stereocenters. The second-order valence-electron chi connectivity index (χ2n) is 5.67. The first-order chi connectivity index (χ1) is 12.8. The Hall–Kier alpha value is -3.23. The molecular weight excluding hydrogens is 365 g/mol. The molecule has 0 atom stereocenters. The third-order valence-corrected chi connectivity index (χ3v) is 3.71. The van der Waals surface area contributed by atoms with Crippen LogP contribution in [0.2, 0.25) is 0 Å². The van der Waals surface area contributed by atoms with Crippen molar-refractivity contribution in [1.29, 1.82) is 0 Å². The molecule has 9 heteroatoms. The molecule has 0 aromatic heterocycles. The number of cyclic esters (lactones) is 1. The van der Waals surface area contributed by atoms with Gasteiger partial charge in [-0.05, 0) is 30.3 Å². The van der Waals surface area contributed by atoms with E-state index in [2.05, 4.69) is 5.32 Å². The van der Waals surface area contributed by atoms with E-state index >= 15 is 0 Å². The Kier molecular flexibility index (Phi) is 5.20. The predicted octanol–water partition coefficient (Wildman–Crippen LogP) is 3.84. The number of alkyl halides is 3. The normalized spacial score (nSPS) is 14.0. The average Bonchev–Trinajstić information content (AvgIpc) is 3.06. The van der Waals surface area contributed by atoms with Gasteiger partial charge in [0.2, 0.25) is 0 Å². The minimum Gasteiger partial charge on any atom is -0.482 e. The lowest BCUT2D eigenvalue weighted by Gasteiger charge is -2.15. The van der Waals surface area contributed by atoms with Gasteiger partial charge in [-0.15, -0.1) is 0 Å². The van der Waals surface area contributed by atoms with Gasteiger partial charge >= 0.3 is 12.3 Å². The molecule has 1 aliphatic rings. The lowest BCUT2D eigenvalue weighted by molar-refractivity contribution is -0.153. The summed E-state index contributed by atoms with van der Waals surface area (Å²) in [5, 5.41) is 2.53. The van der Waals surface area contributed by atoms with Crippen LogP contribution in [0.4, 0.5) is 29.3 Å². The van der Waals surface area contributed by atoms with E-state index in [1.54, 1.807) is 18.2 Å². The molecule has 0 saturated carbocycles. The summed E-state index contributed by atoms with van der Waals surface area (Å²) in [5.74, 6) is -0.644. The summed E-state index contributed by atoms with van der Waals surface area (Å²) in [6, 6.07) is 12.1. The minimum atomic E-state index is -4.49. The lowest BCUT2D eigenvalue weighted by atomic mass is 10.1. The van der Waals surface area contributed by atoms with Crippen molar-refractivity contribution in [2.45, 2.75) is 6.18 Å². The molecule has 142 valence electrons. The highest BCUT2D eigenvalue weighted by Crippen LogP contribution is 2.27. The van der Waals surface area contributed by atoms with Gasteiger partial charge in [-0.25, -0.2) is 4.79 Å². The summed E-state index contributed by atoms with van der Waals surface area (Å²) < 4.78 is 46.7. The van der Waals surface area contributed by atoms with E-state index in [1.807, 2.05) is 0 Å². The molecule has 6 nitrogen and oxygen atoms in total. The molecule has 1 N–H and O–H groups in total. The van der Waals surface area contributed by atoms with Gasteiger partial charge in [-0.3, -0.25) is 9.69 Å². The summed E-state index contributed by atoms with van der Waals surface area (Å²) in [7, 11) is 0. The molecule has 0 spiro atoms. The van der Waals surface area contributed by atoms with Crippen molar-refractivity contribution in [2.24, 2.45) is 0 Å². The zero-order valence-electron chi connectivity index (χ0n) is 14.0. The van der Waals surface area contributed by atoms with Gasteiger partial charge in [-0.2, -0.15) is 13.2 Å². The Morgan fingerprint density at radius 1 is 1.19 bits per heavy atom. The summed E-state index contributed by atoms with van der Waals surface area (Å²) in [6.45, 7) is -0.830. The van der Waals surface area contributed by atoms with Gasteiger partial charge in [-0.1, -0.05) is 18.2 Å². The van der Waals surface area contributed by atoms with Crippen molar-refractivity contribution < 1.29 is 32.2 Å². The van der Waals surface area contributed by atoms with Gasteiger partial charge in [0.05, 0.1) is 12.2 Å². The number of carbonyl (C=O) groups excluding carboxylic acids is 2. The van der Waals surface area contributed by atoms with Crippen LogP contribution in [0, 0.1) is 0 Å². The number of nitrogens with one attached hydrogen (secondary N) is 1. The summed E-state index contributed by atoms with van der Waals surface area (Å²) in [5.41, 5.74) is 0.835. The largest absolute Gasteiger partial charge is 0.482 e. The van der Waals surface area contributed by atoms with Gasteiger partial charge in [0, 0.05) is 11.3 Å². The van der Waals surface area contributed by atoms with E-state index in [0.29, 0.717) is 12.2 Å². The van der Waals surface area contributed by atoms with Crippen LogP contribution < -0.4 is 15.0 Å². The number of hydrogen-bond acceptors (Lipinski definition) is 4. The van der Waals surface area contributed by atoms with E-state index < -0.39 is 24.8 Å². The Bertz CT molecular complexity index is 854. The zero-order chi connectivity index (χ0) is 19.4. The van der Waals surface area contributed by atoms with Crippen LogP contribution in [0.5, 0.6) is 5.75 Å². The average molecular weight is 380 g/mol. The van der Waals surface area contributed by atoms with Crippen LogP contribution in [-0.2, 0) is 4.74 Å². The molecule has 2 amide bonds. The second kappa shape index (κ2) is 7.56. The highest BCUT2D eigenvalue weighted by molar-refractivity contribution is 6.06. The molecule has 2 aromatic carbocycles. The smallest absolute Gasteiger partial charge is 0.422 e. The van der Waals surface area contributed by atoms with Crippen molar-refractivity contribution in [3.8, 4) is 5.75 Å². The molecule has 3 rings (SSSR count). The first-order valence-electron chi connectivity index (χ1n) is 7.98. The standard InChI is InChI=1S/C18H15F3N2O4/c19-18(20,21)11-27-15-7-2-1-6-14(15)22-16(24)12-4-3-5-13(10-12)23-8-9-26-17(23)25/h1-7,10H,8-9,11H2,(H,22,24). The SMILES string of the molecule is O=C(Nc1ccccc1OCC(F)(F)F)c1cccc(N2CCOC2=O)c1. The molecule has 27 heavy (non-hydrogen) atoms. The maximum absolute atomic E-state index is 12.5. The topological polar surface area (TPSA) is 67.9 Å². The van der Waals surface area contributed by atoms with Gasteiger partial charge in [0.15, 0.2) is 6.61 Å². The van der Waals surface area contributed by atoms with Crippen LogP contribution in [0.1, 0.15) is 10.4 Å². The fourth-order valence-corrected chi connectivity index (χ4v) is 2.49. The molecule has 1 aliphatic heterocycles. The van der Waals surface area contributed by atoms with Crippen LogP contribution >= 0.6 is 0 Å². The monoisotopic (exact) mass is 380 g/mol. The summed E-state index contributed by atoms with van der Waals surface area (Å²) in [6.07, 6.45) is -4.99. The van der Waals surface area contributed by atoms with E-state index in [1.165, 1.54) is 35.2 Å². The van der Waals surface area contributed by atoms with Crippen molar-refractivity contribution in [1.82, 2.24) is 0 Å². The van der Waals surface area contributed by atoms with Gasteiger partial charge in [0.25, 0.3) is 5.91 Å². The van der Waals surface area contributed by atoms with Crippen LogP contribution in [0.3, 0.4) is 0 Å². The molecule has 0 bridgehead atoms. The third-order valence-electron chi connectivity index (χ3n) is 3.71. The molecule has 0 radical (unpaired) electrons. The number of ether oxygens (including phenoxy) is 2. The number of hydrogen-bond donors (Lipinski definition) is 1. The number of rotatable bonds is 5. The maximum Gasteiger partial charge on any atom is 0.422 e. The lowest BCUT2D eigenvalue weighted by Crippen LogP contribution is -2.24. The first kappa shape index (κ1) is 18.6. The number of para-hydroxylation sites is 2. The molecule has 2 aromatic rings. The minimum absolute atomic E-state index is 0.0950. The fraction of sp³-hybridized carbons (Fsp3) is 0.222. The number of nitrogens with zero attached hydrogens (tertiary/aromatic N) is 1. The highest BCUT2D eigenvalue weighted by atomic mass is 19.4. The van der Waals surface area contributed by atoms with E-state index in [0.717, 1.165) is 0 Å². The number of benzene rings is 2. The highest BCUT2D eigenvalue weighted by Gasteiger charge is 2.29. The van der Waals surface area contributed by atoms with Crippen molar-refractivity contribution in [3.05, 3.63) is 54.1 Å². The molecular formula is C18H15F3N2O4. The molecule has 0 aliphatic carbocycles. The third kappa shape index (κ3) is 4.69. The Morgan fingerprint density at radius 2 is 1.96 bits per heavy atom. The Morgan fingerprint density at radius 3 is 2.67 bits per heavy atom. The molecule has 1 fully saturated rings. The van der Waals surface area contributed by atoms with Gasteiger partial charge < -0.3 is 14.8 Å². The van der Waals surface area contributed by atoms with Crippen LogP contribution in [0.15, 0.2) is 48.5 Å². The number of amides is 2. The summed E-state index contributed by atoms with van der Waals surface area (Å²) >= 11 is 0. The van der Waals surface area contributed by atoms with Crippen molar-refractivity contribution in [2.75, 3.05) is 30.0 Å². The fourth-order valence-electron chi connectivity index (χ4n) is 2.49. The van der Waals surface area contributed by atoms with Gasteiger partial charge in [0.1, 0.15) is 12.4 Å². The maximum atomic E-state index is 12.5.